The van der Waals surface area contributed by atoms with E-state index in [2.05, 4.69) is 5.32 Å². The Morgan fingerprint density at radius 2 is 1.91 bits per heavy atom. The van der Waals surface area contributed by atoms with Gasteiger partial charge in [0.2, 0.25) is 5.91 Å². The van der Waals surface area contributed by atoms with Gasteiger partial charge in [0.15, 0.2) is 0 Å². The molecule has 1 amide bonds. The second-order valence-corrected chi connectivity index (χ2v) is 6.94. The van der Waals surface area contributed by atoms with Gasteiger partial charge in [-0.2, -0.15) is 0 Å². The molecule has 2 aromatic carbocycles. The highest BCUT2D eigenvalue weighted by Crippen LogP contribution is 2.57. The number of rotatable bonds is 2. The Hall–Kier alpha value is -2.36. The minimum Gasteiger partial charge on any atom is -0.462 e. The number of carbonyl (C=O) groups is 2. The molecule has 3 aliphatic rings. The van der Waals surface area contributed by atoms with Crippen LogP contribution in [0, 0.1) is 23.7 Å². The Morgan fingerprint density at radius 1 is 1.09 bits per heavy atom. The van der Waals surface area contributed by atoms with Crippen molar-refractivity contribution in [3.05, 3.63) is 42.5 Å². The number of fused-ring (bicyclic) bond motifs is 2. The molecule has 23 heavy (non-hydrogen) atoms. The zero-order chi connectivity index (χ0) is 15.6. The first kappa shape index (κ1) is 13.1. The smallest absolute Gasteiger partial charge is 0.310 e. The molecule has 3 fully saturated rings. The van der Waals surface area contributed by atoms with Gasteiger partial charge in [0.05, 0.1) is 11.8 Å². The van der Waals surface area contributed by atoms with Crippen molar-refractivity contribution in [1.29, 1.82) is 0 Å². The topological polar surface area (TPSA) is 55.4 Å². The maximum absolute atomic E-state index is 12.9. The van der Waals surface area contributed by atoms with Crippen LogP contribution in [0.25, 0.3) is 10.8 Å². The van der Waals surface area contributed by atoms with Gasteiger partial charge in [-0.15, -0.1) is 0 Å². The number of ether oxygens (including phenoxy) is 1. The van der Waals surface area contributed by atoms with Crippen molar-refractivity contribution in [3.8, 4) is 0 Å². The van der Waals surface area contributed by atoms with Crippen LogP contribution in [0.1, 0.15) is 12.8 Å². The molecule has 5 rings (SSSR count). The van der Waals surface area contributed by atoms with E-state index in [1.165, 1.54) is 0 Å². The number of hydrogen-bond acceptors (Lipinski definition) is 3. The van der Waals surface area contributed by atoms with Gasteiger partial charge >= 0.3 is 5.97 Å². The molecule has 0 spiro atoms. The van der Waals surface area contributed by atoms with Crippen molar-refractivity contribution in [2.75, 3.05) is 5.32 Å². The summed E-state index contributed by atoms with van der Waals surface area (Å²) in [6, 6.07) is 13.9. The summed E-state index contributed by atoms with van der Waals surface area (Å²) in [4.78, 5) is 24.9. The third kappa shape index (κ3) is 1.78. The van der Waals surface area contributed by atoms with E-state index in [9.17, 15) is 9.59 Å². The summed E-state index contributed by atoms with van der Waals surface area (Å²) in [5.41, 5.74) is 0.818. The molecule has 4 nitrogen and oxygen atoms in total. The number of carbonyl (C=O) groups excluding carboxylic acids is 2. The monoisotopic (exact) mass is 307 g/mol. The van der Waals surface area contributed by atoms with Crippen molar-refractivity contribution >= 4 is 28.3 Å². The highest BCUT2D eigenvalue weighted by atomic mass is 16.6. The summed E-state index contributed by atoms with van der Waals surface area (Å²) < 4.78 is 5.42. The third-order valence-corrected chi connectivity index (χ3v) is 5.83. The molecule has 0 aromatic heterocycles. The normalized spacial score (nSPS) is 33.9. The van der Waals surface area contributed by atoms with Crippen LogP contribution in [0.3, 0.4) is 0 Å². The summed E-state index contributed by atoms with van der Waals surface area (Å²) in [7, 11) is 0. The molecular weight excluding hydrogens is 290 g/mol. The highest BCUT2D eigenvalue weighted by Gasteiger charge is 2.63. The molecule has 0 unspecified atom stereocenters. The zero-order valence-electron chi connectivity index (χ0n) is 12.6. The number of anilines is 1. The van der Waals surface area contributed by atoms with E-state index >= 15 is 0 Å². The van der Waals surface area contributed by atoms with E-state index in [0.29, 0.717) is 0 Å². The first-order valence-electron chi connectivity index (χ1n) is 8.21. The van der Waals surface area contributed by atoms with Crippen LogP contribution in [0.15, 0.2) is 42.5 Å². The van der Waals surface area contributed by atoms with Crippen molar-refractivity contribution in [2.24, 2.45) is 23.7 Å². The van der Waals surface area contributed by atoms with E-state index in [4.69, 9.17) is 4.74 Å². The molecule has 2 aromatic rings. The molecule has 5 atom stereocenters. The van der Waals surface area contributed by atoms with E-state index in [1.54, 1.807) is 0 Å². The minimum absolute atomic E-state index is 0.0313. The standard InChI is InChI=1S/C19H17NO3/c21-18(16-11-8-13-15(9-11)23-19(22)17(13)16)20-14-7-3-5-10-4-1-2-6-12(10)14/h1-7,11,13,15-17H,8-9H2,(H,20,21)/t11-,13+,15+,16-,17+/m1/s1. The number of benzene rings is 2. The fourth-order valence-electron chi connectivity index (χ4n) is 4.91. The van der Waals surface area contributed by atoms with Gasteiger partial charge < -0.3 is 10.1 Å². The Balaban J connectivity index is 1.47. The van der Waals surface area contributed by atoms with E-state index in [0.717, 1.165) is 29.3 Å². The molecule has 4 heteroatoms. The third-order valence-electron chi connectivity index (χ3n) is 5.83. The summed E-state index contributed by atoms with van der Waals surface area (Å²) in [5.74, 6) is -0.111. The number of hydrogen-bond donors (Lipinski definition) is 1. The predicted molar refractivity (Wildman–Crippen MR) is 85.7 cm³/mol. The number of nitrogens with one attached hydrogen (secondary N) is 1. The lowest BCUT2D eigenvalue weighted by Gasteiger charge is -2.23. The predicted octanol–water partition coefficient (Wildman–Crippen LogP) is 2.98. The average Bonchev–Trinajstić information content (AvgIpc) is 3.17. The van der Waals surface area contributed by atoms with Gasteiger partial charge in [-0.25, -0.2) is 0 Å². The van der Waals surface area contributed by atoms with Gasteiger partial charge in [-0.1, -0.05) is 36.4 Å². The van der Waals surface area contributed by atoms with Gasteiger partial charge in [-0.05, 0) is 30.2 Å². The van der Waals surface area contributed by atoms with E-state index in [-0.39, 0.29) is 41.7 Å². The molecule has 1 saturated heterocycles. The Morgan fingerprint density at radius 3 is 2.83 bits per heavy atom. The SMILES string of the molecule is O=C(Nc1cccc2ccccc12)[C@@H]1[C@@H]2C[C@@H]3[C@@H]1C(=O)O[C@H]3C2. The summed E-state index contributed by atoms with van der Waals surface area (Å²) in [6.45, 7) is 0. The summed E-state index contributed by atoms with van der Waals surface area (Å²) in [6.07, 6.45) is 1.87. The quantitative estimate of drug-likeness (QED) is 0.868. The molecular formula is C19H17NO3. The molecule has 0 radical (unpaired) electrons. The summed E-state index contributed by atoms with van der Waals surface area (Å²) >= 11 is 0. The maximum Gasteiger partial charge on any atom is 0.310 e. The van der Waals surface area contributed by atoms with Crippen LogP contribution in [0.4, 0.5) is 5.69 Å². The van der Waals surface area contributed by atoms with E-state index in [1.807, 2.05) is 42.5 Å². The van der Waals surface area contributed by atoms with Crippen LogP contribution in [-0.4, -0.2) is 18.0 Å². The average molecular weight is 307 g/mol. The van der Waals surface area contributed by atoms with Gasteiger partial charge in [0, 0.05) is 17.0 Å². The number of esters is 1. The number of amides is 1. The van der Waals surface area contributed by atoms with Gasteiger partial charge in [-0.3, -0.25) is 9.59 Å². The molecule has 2 saturated carbocycles. The molecule has 1 aliphatic heterocycles. The first-order chi connectivity index (χ1) is 11.2. The summed E-state index contributed by atoms with van der Waals surface area (Å²) in [5, 5.41) is 5.19. The highest BCUT2D eigenvalue weighted by molar-refractivity contribution is 6.04. The first-order valence-corrected chi connectivity index (χ1v) is 8.21. The largest absolute Gasteiger partial charge is 0.462 e. The van der Waals surface area contributed by atoms with Crippen LogP contribution >= 0.6 is 0 Å². The van der Waals surface area contributed by atoms with Crippen molar-refractivity contribution in [1.82, 2.24) is 0 Å². The minimum atomic E-state index is -0.231. The lowest BCUT2D eigenvalue weighted by molar-refractivity contribution is -0.145. The lowest BCUT2D eigenvalue weighted by atomic mass is 9.79. The molecule has 1 heterocycles. The van der Waals surface area contributed by atoms with Gasteiger partial charge in [0.1, 0.15) is 6.10 Å². The van der Waals surface area contributed by atoms with Crippen LogP contribution in [0.5, 0.6) is 0 Å². The van der Waals surface area contributed by atoms with Crippen molar-refractivity contribution in [3.63, 3.8) is 0 Å². The Labute approximate surface area is 133 Å². The molecule has 1 N–H and O–H groups in total. The van der Waals surface area contributed by atoms with Crippen LogP contribution < -0.4 is 5.32 Å². The van der Waals surface area contributed by atoms with Crippen molar-refractivity contribution < 1.29 is 14.3 Å². The van der Waals surface area contributed by atoms with Crippen LogP contribution in [-0.2, 0) is 14.3 Å². The zero-order valence-corrected chi connectivity index (χ0v) is 12.6. The van der Waals surface area contributed by atoms with Crippen molar-refractivity contribution in [2.45, 2.75) is 18.9 Å². The van der Waals surface area contributed by atoms with Gasteiger partial charge in [0.25, 0.3) is 0 Å². The van der Waals surface area contributed by atoms with E-state index < -0.39 is 0 Å². The molecule has 116 valence electrons. The Kier molecular flexibility index (Phi) is 2.61. The fourth-order valence-corrected chi connectivity index (χ4v) is 4.91. The molecule has 2 bridgehead atoms. The maximum atomic E-state index is 12.9. The molecule has 2 aliphatic carbocycles. The van der Waals surface area contributed by atoms with Crippen LogP contribution in [0.2, 0.25) is 0 Å². The fraction of sp³-hybridized carbons (Fsp3) is 0.368. The Bertz CT molecular complexity index is 823. The second kappa shape index (κ2) is 4.57. The lowest BCUT2D eigenvalue weighted by Crippen LogP contribution is -2.35. The second-order valence-electron chi connectivity index (χ2n) is 6.94.